The van der Waals surface area contributed by atoms with Crippen LogP contribution >= 0.6 is 0 Å². The highest BCUT2D eigenvalue weighted by atomic mass is 16.6. The highest BCUT2D eigenvalue weighted by Gasteiger charge is 2.30. The largest absolute Gasteiger partial charge is 0.497 e. The Hall–Kier alpha value is -4.16. The van der Waals surface area contributed by atoms with E-state index >= 15 is 0 Å². The lowest BCUT2D eigenvalue weighted by atomic mass is 10.2. The summed E-state index contributed by atoms with van der Waals surface area (Å²) < 4.78 is 4.99. The first-order chi connectivity index (χ1) is 13.7. The molecule has 0 fully saturated rings. The molecule has 13 heteroatoms. The van der Waals surface area contributed by atoms with Crippen molar-refractivity contribution in [1.29, 1.82) is 0 Å². The number of hydrogen-bond acceptors (Lipinski definition) is 10. The molecule has 0 saturated heterocycles. The number of pyridine rings is 1. The first-order valence-electron chi connectivity index (χ1n) is 8.06. The van der Waals surface area contributed by atoms with Crippen molar-refractivity contribution in [3.05, 3.63) is 72.6 Å². The molecule has 0 atom stereocenters. The van der Waals surface area contributed by atoms with Crippen molar-refractivity contribution in [3.63, 3.8) is 0 Å². The standard InChI is InChI=1S/C10H13NO2.C6H3N3O7/c1-2-3-7-13-10(12)9-5-4-6-11-8-9;10-6-4(8(13)14)1-3(7(11)12)2-5(6)9(15)16/h4-6,8H,2-3,7H2,1H3;1-2,10H. The van der Waals surface area contributed by atoms with Gasteiger partial charge in [-0.15, -0.1) is 0 Å². The second kappa shape index (κ2) is 10.9. The average Bonchev–Trinajstić information content (AvgIpc) is 2.68. The van der Waals surface area contributed by atoms with E-state index in [2.05, 4.69) is 11.9 Å². The van der Waals surface area contributed by atoms with Crippen LogP contribution < -0.4 is 0 Å². The third-order valence-electron chi connectivity index (χ3n) is 3.29. The SMILES string of the molecule is CCCCOC(=O)c1cccnc1.O=[N+]([O-])c1cc([N+](=O)[O-])c(O)c([N+](=O)[O-])c1. The number of phenolic OH excluding ortho intramolecular Hbond substituents is 1. The Labute approximate surface area is 163 Å². The van der Waals surface area contributed by atoms with E-state index in [1.165, 1.54) is 6.20 Å². The number of hydrogen-bond donors (Lipinski definition) is 1. The van der Waals surface area contributed by atoms with Gasteiger partial charge in [-0.05, 0) is 18.6 Å². The van der Waals surface area contributed by atoms with Crippen LogP contribution in [0.5, 0.6) is 5.75 Å². The fourth-order valence-corrected chi connectivity index (χ4v) is 1.85. The third kappa shape index (κ3) is 6.82. The number of ether oxygens (including phenoxy) is 1. The number of nitro groups is 3. The third-order valence-corrected chi connectivity index (χ3v) is 3.29. The number of carbonyl (C=O) groups excluding carboxylic acids is 1. The summed E-state index contributed by atoms with van der Waals surface area (Å²) in [5.41, 5.74) is -2.49. The van der Waals surface area contributed by atoms with Crippen molar-refractivity contribution in [2.75, 3.05) is 6.61 Å². The maximum absolute atomic E-state index is 11.3. The first kappa shape index (κ1) is 22.9. The van der Waals surface area contributed by atoms with E-state index in [1.807, 2.05) is 0 Å². The summed E-state index contributed by atoms with van der Waals surface area (Å²) in [5.74, 6) is -1.50. The van der Waals surface area contributed by atoms with Crippen molar-refractivity contribution in [1.82, 2.24) is 4.98 Å². The molecule has 1 aromatic carbocycles. The molecule has 0 aliphatic carbocycles. The summed E-state index contributed by atoms with van der Waals surface area (Å²) in [7, 11) is 0. The molecule has 13 nitrogen and oxygen atoms in total. The molecule has 0 radical (unpaired) electrons. The van der Waals surface area contributed by atoms with Crippen LogP contribution in [0.25, 0.3) is 0 Å². The van der Waals surface area contributed by atoms with Gasteiger partial charge in [0.2, 0.25) is 0 Å². The zero-order valence-electron chi connectivity index (χ0n) is 15.1. The normalized spacial score (nSPS) is 9.69. The molecule has 154 valence electrons. The quantitative estimate of drug-likeness (QED) is 0.308. The Morgan fingerprint density at radius 2 is 1.69 bits per heavy atom. The van der Waals surface area contributed by atoms with E-state index in [9.17, 15) is 35.1 Å². The minimum Gasteiger partial charge on any atom is -0.497 e. The number of benzene rings is 1. The van der Waals surface area contributed by atoms with E-state index in [1.54, 1.807) is 18.3 Å². The van der Waals surface area contributed by atoms with Crippen LogP contribution in [0.3, 0.4) is 0 Å². The van der Waals surface area contributed by atoms with Crippen LogP contribution in [0, 0.1) is 30.3 Å². The molecule has 0 aliphatic heterocycles. The van der Waals surface area contributed by atoms with Crippen LogP contribution in [0.4, 0.5) is 17.1 Å². The predicted molar refractivity (Wildman–Crippen MR) is 97.5 cm³/mol. The molecular weight excluding hydrogens is 392 g/mol. The molecule has 1 aromatic heterocycles. The lowest BCUT2D eigenvalue weighted by Crippen LogP contribution is -2.06. The highest BCUT2D eigenvalue weighted by molar-refractivity contribution is 5.88. The molecule has 2 aromatic rings. The Kier molecular flexibility index (Phi) is 8.57. The number of unbranched alkanes of at least 4 members (excludes halogenated alkanes) is 1. The van der Waals surface area contributed by atoms with Crippen molar-refractivity contribution in [2.24, 2.45) is 0 Å². The van der Waals surface area contributed by atoms with Gasteiger partial charge in [-0.2, -0.15) is 0 Å². The molecule has 0 spiro atoms. The van der Waals surface area contributed by atoms with Gasteiger partial charge in [0, 0.05) is 12.4 Å². The van der Waals surface area contributed by atoms with Crippen molar-refractivity contribution >= 4 is 23.0 Å². The fraction of sp³-hybridized carbons (Fsp3) is 0.250. The summed E-state index contributed by atoms with van der Waals surface area (Å²) in [5, 5.41) is 40.2. The first-order valence-corrected chi connectivity index (χ1v) is 8.06. The summed E-state index contributed by atoms with van der Waals surface area (Å²) in [6.45, 7) is 2.54. The molecule has 2 rings (SSSR count). The monoisotopic (exact) mass is 408 g/mol. The van der Waals surface area contributed by atoms with Crippen molar-refractivity contribution in [2.45, 2.75) is 19.8 Å². The zero-order valence-corrected chi connectivity index (χ0v) is 15.1. The topological polar surface area (TPSA) is 189 Å². The van der Waals surface area contributed by atoms with Gasteiger partial charge < -0.3 is 9.84 Å². The minimum absolute atomic E-state index is 0.290. The maximum atomic E-state index is 11.3. The summed E-state index contributed by atoms with van der Waals surface area (Å²) >= 11 is 0. The minimum atomic E-state index is -1.21. The van der Waals surface area contributed by atoms with E-state index in [0.29, 0.717) is 24.3 Å². The molecule has 0 unspecified atom stereocenters. The Morgan fingerprint density at radius 1 is 1.10 bits per heavy atom. The second-order valence-corrected chi connectivity index (χ2v) is 5.34. The number of carbonyl (C=O) groups is 1. The summed E-state index contributed by atoms with van der Waals surface area (Å²) in [6, 6.07) is 4.31. The number of esters is 1. The number of non-ortho nitro benzene ring substituents is 1. The van der Waals surface area contributed by atoms with Crippen LogP contribution in [-0.4, -0.2) is 37.4 Å². The number of rotatable bonds is 7. The lowest BCUT2D eigenvalue weighted by molar-refractivity contribution is -0.404. The Morgan fingerprint density at radius 3 is 2.10 bits per heavy atom. The van der Waals surface area contributed by atoms with Gasteiger partial charge in [0.05, 0.1) is 39.1 Å². The summed E-state index contributed by atoms with van der Waals surface area (Å²) in [6.07, 6.45) is 5.07. The lowest BCUT2D eigenvalue weighted by Gasteiger charge is -2.02. The number of aromatic hydroxyl groups is 1. The van der Waals surface area contributed by atoms with E-state index in [0.717, 1.165) is 12.8 Å². The second-order valence-electron chi connectivity index (χ2n) is 5.34. The van der Waals surface area contributed by atoms with Gasteiger partial charge in [0.15, 0.2) is 0 Å². The van der Waals surface area contributed by atoms with E-state index in [-0.39, 0.29) is 5.97 Å². The molecule has 1 heterocycles. The Balaban J connectivity index is 0.000000296. The van der Waals surface area contributed by atoms with Gasteiger partial charge in [0.25, 0.3) is 11.4 Å². The Bertz CT molecular complexity index is 868. The van der Waals surface area contributed by atoms with Gasteiger partial charge in [-0.25, -0.2) is 4.79 Å². The highest BCUT2D eigenvalue weighted by Crippen LogP contribution is 2.38. The molecule has 0 saturated carbocycles. The molecule has 29 heavy (non-hydrogen) atoms. The number of phenols is 1. The zero-order chi connectivity index (χ0) is 22.0. The van der Waals surface area contributed by atoms with Crippen LogP contribution in [0.1, 0.15) is 30.1 Å². The van der Waals surface area contributed by atoms with E-state index in [4.69, 9.17) is 9.84 Å². The van der Waals surface area contributed by atoms with Gasteiger partial charge in [-0.1, -0.05) is 13.3 Å². The molecule has 1 N–H and O–H groups in total. The predicted octanol–water partition coefficient (Wildman–Crippen LogP) is 3.16. The van der Waals surface area contributed by atoms with Crippen molar-refractivity contribution in [3.8, 4) is 5.75 Å². The number of nitro benzene ring substituents is 3. The smallest absolute Gasteiger partial charge is 0.339 e. The van der Waals surface area contributed by atoms with Crippen LogP contribution in [0.2, 0.25) is 0 Å². The van der Waals surface area contributed by atoms with Gasteiger partial charge >= 0.3 is 17.3 Å². The van der Waals surface area contributed by atoms with Gasteiger partial charge in [0.1, 0.15) is 0 Å². The van der Waals surface area contributed by atoms with Crippen molar-refractivity contribution < 1.29 is 29.4 Å². The molecular formula is C16H16N4O9. The number of aromatic nitrogens is 1. The summed E-state index contributed by atoms with van der Waals surface area (Å²) in [4.78, 5) is 42.9. The molecule has 0 bridgehead atoms. The van der Waals surface area contributed by atoms with E-state index < -0.39 is 37.6 Å². The van der Waals surface area contributed by atoms with Crippen LogP contribution in [0.15, 0.2) is 36.7 Å². The number of nitrogens with zero attached hydrogens (tertiary/aromatic N) is 4. The van der Waals surface area contributed by atoms with Gasteiger partial charge in [-0.3, -0.25) is 35.3 Å². The molecule has 0 amide bonds. The van der Waals surface area contributed by atoms with Crippen LogP contribution in [-0.2, 0) is 4.74 Å². The fourth-order valence-electron chi connectivity index (χ4n) is 1.85. The average molecular weight is 408 g/mol. The molecule has 0 aliphatic rings. The maximum Gasteiger partial charge on any atom is 0.339 e.